The minimum atomic E-state index is -0.667. The van der Waals surface area contributed by atoms with Crippen LogP contribution in [-0.2, 0) is 19.1 Å². The molecule has 0 radical (unpaired) electrons. The molecule has 7 heteroatoms. The van der Waals surface area contributed by atoms with Gasteiger partial charge in [-0.15, -0.1) is 0 Å². The minimum Gasteiger partial charge on any atom is -0.465 e. The Labute approximate surface area is 164 Å². The number of nitrogens with zero attached hydrogens (tertiary/aromatic N) is 1. The molecule has 1 aliphatic carbocycles. The molecule has 1 fully saturated rings. The van der Waals surface area contributed by atoms with Crippen LogP contribution in [0.2, 0.25) is 0 Å². The molecule has 1 aliphatic heterocycles. The maximum atomic E-state index is 13.4. The van der Waals surface area contributed by atoms with Gasteiger partial charge in [-0.3, -0.25) is 14.4 Å². The van der Waals surface area contributed by atoms with Crippen LogP contribution in [-0.4, -0.2) is 48.8 Å². The molecule has 2 aliphatic rings. The summed E-state index contributed by atoms with van der Waals surface area (Å²) in [5.41, 5.74) is 1.16. The summed E-state index contributed by atoms with van der Waals surface area (Å²) in [6.45, 7) is 2.35. The van der Waals surface area contributed by atoms with Crippen LogP contribution in [0.4, 0.5) is 10.1 Å². The summed E-state index contributed by atoms with van der Waals surface area (Å²) in [6, 6.07) is 4.15. The van der Waals surface area contributed by atoms with Crippen LogP contribution in [0.3, 0.4) is 0 Å². The van der Waals surface area contributed by atoms with E-state index in [2.05, 4.69) is 5.32 Å². The number of hydrogen-bond donors (Lipinski definition) is 1. The fourth-order valence-electron chi connectivity index (χ4n) is 4.11. The van der Waals surface area contributed by atoms with Gasteiger partial charge in [-0.05, 0) is 43.4 Å². The van der Waals surface area contributed by atoms with Crippen molar-refractivity contribution in [2.24, 2.45) is 5.92 Å². The van der Waals surface area contributed by atoms with Crippen molar-refractivity contribution in [1.82, 2.24) is 4.90 Å². The quantitative estimate of drug-likeness (QED) is 0.572. The number of carbonyl (C=O) groups is 3. The zero-order valence-electron chi connectivity index (χ0n) is 16.2. The Kier molecular flexibility index (Phi) is 6.65. The molecule has 3 rings (SSSR count). The number of fused-ring (bicyclic) bond motifs is 1. The third-order valence-electron chi connectivity index (χ3n) is 5.53. The van der Waals surface area contributed by atoms with Gasteiger partial charge in [-0.1, -0.05) is 25.3 Å². The number of anilines is 1. The summed E-state index contributed by atoms with van der Waals surface area (Å²) in [6.07, 6.45) is 5.38. The molecular formula is C21H27FN2O4. The first-order chi connectivity index (χ1) is 13.5. The van der Waals surface area contributed by atoms with E-state index in [-0.39, 0.29) is 19.7 Å². The molecule has 6 nitrogen and oxygen atoms in total. The number of amides is 1. The number of benzene rings is 1. The largest absolute Gasteiger partial charge is 0.465 e. The van der Waals surface area contributed by atoms with Crippen molar-refractivity contribution in [2.75, 3.05) is 31.6 Å². The molecule has 0 spiro atoms. The molecule has 152 valence electrons. The predicted molar refractivity (Wildman–Crippen MR) is 102 cm³/mol. The van der Waals surface area contributed by atoms with E-state index in [0.29, 0.717) is 23.7 Å². The Morgan fingerprint density at radius 3 is 2.68 bits per heavy atom. The van der Waals surface area contributed by atoms with Gasteiger partial charge in [0.1, 0.15) is 12.4 Å². The number of rotatable bonds is 7. The molecule has 1 amide bonds. The Hall–Kier alpha value is -2.44. The molecule has 1 heterocycles. The molecule has 0 saturated heterocycles. The van der Waals surface area contributed by atoms with E-state index in [9.17, 15) is 18.8 Å². The number of carbonyl (C=O) groups excluding carboxylic acids is 3. The zero-order chi connectivity index (χ0) is 20.1. The molecule has 1 aromatic rings. The first-order valence-electron chi connectivity index (χ1n) is 10.0. The maximum Gasteiger partial charge on any atom is 0.325 e. The van der Waals surface area contributed by atoms with Crippen LogP contribution in [0.1, 0.15) is 50.5 Å². The van der Waals surface area contributed by atoms with Crippen molar-refractivity contribution < 1.29 is 23.5 Å². The highest BCUT2D eigenvalue weighted by molar-refractivity contribution is 6.38. The smallest absolute Gasteiger partial charge is 0.325 e. The molecule has 1 atom stereocenters. The first-order valence-corrected chi connectivity index (χ1v) is 10.0. The lowest BCUT2D eigenvalue weighted by molar-refractivity contribution is -0.152. The van der Waals surface area contributed by atoms with Crippen LogP contribution in [0.15, 0.2) is 18.2 Å². The number of esters is 1. The van der Waals surface area contributed by atoms with E-state index < -0.39 is 29.4 Å². The van der Waals surface area contributed by atoms with Gasteiger partial charge < -0.3 is 15.0 Å². The highest BCUT2D eigenvalue weighted by Crippen LogP contribution is 2.33. The van der Waals surface area contributed by atoms with Gasteiger partial charge in [0.05, 0.1) is 12.5 Å². The van der Waals surface area contributed by atoms with Gasteiger partial charge in [0.15, 0.2) is 0 Å². The highest BCUT2D eigenvalue weighted by atomic mass is 19.1. The summed E-state index contributed by atoms with van der Waals surface area (Å²) in [7, 11) is 0. The topological polar surface area (TPSA) is 75.7 Å². The van der Waals surface area contributed by atoms with E-state index >= 15 is 0 Å². The predicted octanol–water partition coefficient (Wildman–Crippen LogP) is 2.88. The van der Waals surface area contributed by atoms with E-state index in [1.807, 2.05) is 0 Å². The molecular weight excluding hydrogens is 363 g/mol. The van der Waals surface area contributed by atoms with Crippen LogP contribution in [0, 0.1) is 11.7 Å². The van der Waals surface area contributed by atoms with E-state index in [1.165, 1.54) is 29.5 Å². The number of Topliss-reactive ketones (excluding diaryl/α,β-unsaturated/α-hetero) is 1. The van der Waals surface area contributed by atoms with Crippen LogP contribution in [0.5, 0.6) is 0 Å². The van der Waals surface area contributed by atoms with E-state index in [1.54, 1.807) is 6.92 Å². The van der Waals surface area contributed by atoms with Gasteiger partial charge in [-0.25, -0.2) is 4.39 Å². The Bertz CT molecular complexity index is 746. The Morgan fingerprint density at radius 1 is 1.21 bits per heavy atom. The summed E-state index contributed by atoms with van der Waals surface area (Å²) in [5, 5.41) is 2.99. The van der Waals surface area contributed by atoms with Crippen molar-refractivity contribution >= 4 is 23.3 Å². The maximum absolute atomic E-state index is 13.4. The normalized spacial score (nSPS) is 18.9. The third-order valence-corrected chi connectivity index (χ3v) is 5.53. The van der Waals surface area contributed by atoms with E-state index in [0.717, 1.165) is 25.7 Å². The number of ketones is 1. The lowest BCUT2D eigenvalue weighted by Crippen LogP contribution is -2.45. The van der Waals surface area contributed by atoms with Crippen molar-refractivity contribution in [1.29, 1.82) is 0 Å². The Balaban J connectivity index is 1.74. The standard InChI is InChI=1S/C21H27FN2O4/c1-2-28-19(25)13-24(12-14-6-4-3-5-7-14)21(27)20(26)17-11-23-18-10-15(22)8-9-16(17)18/h8-10,14,17,23H,2-7,11-13H2,1H3. The second-order valence-electron chi connectivity index (χ2n) is 7.52. The van der Waals surface area contributed by atoms with Crippen molar-refractivity contribution in [2.45, 2.75) is 44.9 Å². The molecule has 1 aromatic carbocycles. The zero-order valence-corrected chi connectivity index (χ0v) is 16.2. The fraction of sp³-hybridized carbons (Fsp3) is 0.571. The van der Waals surface area contributed by atoms with E-state index in [4.69, 9.17) is 4.74 Å². The van der Waals surface area contributed by atoms with Crippen molar-refractivity contribution in [3.8, 4) is 0 Å². The summed E-state index contributed by atoms with van der Waals surface area (Å²) >= 11 is 0. The molecule has 1 saturated carbocycles. The van der Waals surface area contributed by atoms with Crippen LogP contribution >= 0.6 is 0 Å². The van der Waals surface area contributed by atoms with Gasteiger partial charge in [0, 0.05) is 18.8 Å². The van der Waals surface area contributed by atoms with Gasteiger partial charge in [-0.2, -0.15) is 0 Å². The average molecular weight is 390 g/mol. The fourth-order valence-corrected chi connectivity index (χ4v) is 4.11. The molecule has 1 unspecified atom stereocenters. The van der Waals surface area contributed by atoms with Crippen molar-refractivity contribution in [3.63, 3.8) is 0 Å². The first kappa shape index (κ1) is 20.3. The van der Waals surface area contributed by atoms with Crippen LogP contribution in [0.25, 0.3) is 0 Å². The second-order valence-corrected chi connectivity index (χ2v) is 7.52. The molecule has 0 bridgehead atoms. The summed E-state index contributed by atoms with van der Waals surface area (Å²) in [5.74, 6) is -2.51. The third kappa shape index (κ3) is 4.69. The summed E-state index contributed by atoms with van der Waals surface area (Å²) in [4.78, 5) is 39.3. The Morgan fingerprint density at radius 2 is 1.96 bits per heavy atom. The highest BCUT2D eigenvalue weighted by Gasteiger charge is 2.36. The SMILES string of the molecule is CCOC(=O)CN(CC1CCCCC1)C(=O)C(=O)C1CNc2cc(F)ccc21. The average Bonchev–Trinajstić information content (AvgIpc) is 3.10. The van der Waals surface area contributed by atoms with Gasteiger partial charge >= 0.3 is 5.97 Å². The van der Waals surface area contributed by atoms with Crippen LogP contribution < -0.4 is 5.32 Å². The summed E-state index contributed by atoms with van der Waals surface area (Å²) < 4.78 is 18.4. The van der Waals surface area contributed by atoms with Gasteiger partial charge in [0.2, 0.25) is 5.78 Å². The second kappa shape index (κ2) is 9.17. The number of nitrogens with one attached hydrogen (secondary N) is 1. The van der Waals surface area contributed by atoms with Gasteiger partial charge in [0.25, 0.3) is 5.91 Å². The minimum absolute atomic E-state index is 0.217. The molecule has 1 N–H and O–H groups in total. The monoisotopic (exact) mass is 390 g/mol. The van der Waals surface area contributed by atoms with Crippen molar-refractivity contribution in [3.05, 3.63) is 29.6 Å². The number of ether oxygens (including phenoxy) is 1. The molecule has 0 aromatic heterocycles. The number of hydrogen-bond acceptors (Lipinski definition) is 5. The lowest BCUT2D eigenvalue weighted by Gasteiger charge is -2.29. The number of halogens is 1. The molecule has 28 heavy (non-hydrogen) atoms. The lowest BCUT2D eigenvalue weighted by atomic mass is 9.88.